The predicted octanol–water partition coefficient (Wildman–Crippen LogP) is -2.24. The number of hydrogen-bond donors (Lipinski definition) is 7. The fraction of sp³-hybridized carbons (Fsp3) is 0.727. The van der Waals surface area contributed by atoms with Gasteiger partial charge < -0.3 is 36.4 Å². The third-order valence-corrected chi connectivity index (χ3v) is 1.09. The van der Waals surface area contributed by atoms with Crippen LogP contribution in [-0.4, -0.2) is 73.9 Å². The van der Waals surface area contributed by atoms with Crippen LogP contribution < -0.4 is 5.73 Å². The maximum Gasteiger partial charge on any atom is 0.332 e. The second kappa shape index (κ2) is 20.6. The molecule has 0 fully saturated rings. The normalized spacial score (nSPS) is 9.71. The van der Waals surface area contributed by atoms with Gasteiger partial charge in [0, 0.05) is 13.8 Å². The number of aliphatic carboxylic acids is 2. The molecule has 0 radical (unpaired) electrons. The molecule has 1 atom stereocenters. The molecule has 10 nitrogen and oxygen atoms in total. The topological polar surface area (TPSA) is 199 Å². The van der Waals surface area contributed by atoms with Crippen molar-refractivity contribution in [3.8, 4) is 0 Å². The summed E-state index contributed by atoms with van der Waals surface area (Å²) in [6, 6.07) is 0. The molecule has 0 saturated heterocycles. The van der Waals surface area contributed by atoms with Crippen molar-refractivity contribution >= 4 is 17.8 Å². The first kappa shape index (κ1) is 27.6. The monoisotopic (exact) mass is 315 g/mol. The quantitative estimate of drug-likeness (QED) is 0.299. The van der Waals surface area contributed by atoms with Crippen LogP contribution in [0.15, 0.2) is 0 Å². The van der Waals surface area contributed by atoms with Gasteiger partial charge in [0.15, 0.2) is 6.10 Å². The fourth-order valence-corrected chi connectivity index (χ4v) is 0.232. The maximum absolute atomic E-state index is 9.68. The van der Waals surface area contributed by atoms with Crippen LogP contribution in [0.2, 0.25) is 0 Å². The zero-order chi connectivity index (χ0) is 18.0. The molecular weight excluding hydrogens is 290 g/mol. The third-order valence-electron chi connectivity index (χ3n) is 1.09. The molecule has 10 heteroatoms. The van der Waals surface area contributed by atoms with Crippen molar-refractivity contribution in [2.45, 2.75) is 39.4 Å². The Labute approximate surface area is 122 Å². The summed E-state index contributed by atoms with van der Waals surface area (Å²) >= 11 is 0. The second-order valence-corrected chi connectivity index (χ2v) is 3.41. The summed E-state index contributed by atoms with van der Waals surface area (Å²) in [6.45, 7) is 3.27. The molecule has 0 aliphatic heterocycles. The van der Waals surface area contributed by atoms with Gasteiger partial charge in [0.05, 0.1) is 13.2 Å². The van der Waals surface area contributed by atoms with Gasteiger partial charge in [-0.1, -0.05) is 6.92 Å². The molecule has 8 N–H and O–H groups in total. The van der Waals surface area contributed by atoms with E-state index >= 15 is 0 Å². The maximum atomic E-state index is 9.68. The highest BCUT2D eigenvalue weighted by Crippen LogP contribution is 1.86. The van der Waals surface area contributed by atoms with Crippen molar-refractivity contribution < 1.29 is 45.0 Å². The molecule has 0 heterocycles. The number of rotatable bonds is 4. The van der Waals surface area contributed by atoms with Crippen molar-refractivity contribution in [1.29, 1.82) is 0 Å². The van der Waals surface area contributed by atoms with Crippen molar-refractivity contribution in [1.82, 2.24) is 0 Å². The molecule has 0 bridgehead atoms. The largest absolute Gasteiger partial charge is 0.481 e. The van der Waals surface area contributed by atoms with Crippen LogP contribution in [0.1, 0.15) is 27.2 Å². The predicted molar refractivity (Wildman–Crippen MR) is 72.3 cm³/mol. The smallest absolute Gasteiger partial charge is 0.332 e. The van der Waals surface area contributed by atoms with Crippen LogP contribution in [0.3, 0.4) is 0 Å². The van der Waals surface area contributed by atoms with Gasteiger partial charge in [-0.15, -0.1) is 0 Å². The van der Waals surface area contributed by atoms with Crippen LogP contribution in [-0.2, 0) is 14.4 Å². The summed E-state index contributed by atoms with van der Waals surface area (Å²) in [7, 11) is 0. The number of carboxylic acids is 2. The number of hydrogen-bond acceptors (Lipinski definition) is 7. The minimum atomic E-state index is -1.18. The highest BCUT2D eigenvalue weighted by atomic mass is 16.4. The Morgan fingerprint density at radius 1 is 1.00 bits per heavy atom. The molecule has 21 heavy (non-hydrogen) atoms. The van der Waals surface area contributed by atoms with E-state index in [1.54, 1.807) is 6.92 Å². The highest BCUT2D eigenvalue weighted by molar-refractivity contribution is 5.71. The van der Waals surface area contributed by atoms with Crippen LogP contribution in [0, 0.1) is 0 Å². The van der Waals surface area contributed by atoms with E-state index in [1.165, 1.54) is 6.92 Å². The van der Waals surface area contributed by atoms with Gasteiger partial charge in [-0.05, 0) is 6.42 Å². The summed E-state index contributed by atoms with van der Waals surface area (Å²) < 4.78 is 0. The Hall–Kier alpha value is -1.75. The number of carbonyl (C=O) groups is 3. The minimum Gasteiger partial charge on any atom is -0.481 e. The lowest BCUT2D eigenvalue weighted by Gasteiger charge is -1.96. The van der Waals surface area contributed by atoms with E-state index < -0.39 is 24.1 Å². The van der Waals surface area contributed by atoms with Crippen LogP contribution in [0.4, 0.5) is 0 Å². The molecule has 0 rings (SSSR count). The Morgan fingerprint density at radius 3 is 1.24 bits per heavy atom. The molecule has 1 unspecified atom stereocenters. The second-order valence-electron chi connectivity index (χ2n) is 3.41. The Balaban J connectivity index is -0.0000000948. The van der Waals surface area contributed by atoms with Crippen molar-refractivity contribution in [3.05, 3.63) is 0 Å². The van der Waals surface area contributed by atoms with E-state index in [9.17, 15) is 9.59 Å². The molecular formula is C11H25NO9. The van der Waals surface area contributed by atoms with Crippen molar-refractivity contribution in [3.63, 3.8) is 0 Å². The third kappa shape index (κ3) is 70.8. The van der Waals surface area contributed by atoms with Gasteiger partial charge in [0.1, 0.15) is 6.10 Å². The summed E-state index contributed by atoms with van der Waals surface area (Å²) in [5.74, 6) is -2.32. The number of aliphatic hydroxyl groups excluding tert-OH is 4. The van der Waals surface area contributed by atoms with Crippen molar-refractivity contribution in [2.75, 3.05) is 13.2 Å². The number of aliphatic hydroxyl groups is 4. The first-order chi connectivity index (χ1) is 9.45. The Morgan fingerprint density at radius 2 is 1.24 bits per heavy atom. The molecule has 0 aliphatic carbocycles. The number of carbonyl (C=O) groups excluding carboxylic acids is 1. The fourth-order valence-electron chi connectivity index (χ4n) is 0.232. The molecule has 0 saturated carbocycles. The van der Waals surface area contributed by atoms with Gasteiger partial charge in [-0.2, -0.15) is 0 Å². The first-order valence-corrected chi connectivity index (χ1v) is 5.72. The van der Waals surface area contributed by atoms with E-state index in [4.69, 9.17) is 35.4 Å². The molecule has 0 aromatic rings. The van der Waals surface area contributed by atoms with Crippen LogP contribution in [0.25, 0.3) is 0 Å². The number of carboxylic acid groups (broad SMARTS) is 2. The lowest BCUT2D eigenvalue weighted by Crippen LogP contribution is -2.17. The van der Waals surface area contributed by atoms with Gasteiger partial charge in [0.25, 0.3) is 5.97 Å². The Bertz CT molecular complexity index is 246. The molecule has 0 aliphatic rings. The molecule has 1 amide bonds. The van der Waals surface area contributed by atoms with E-state index in [0.29, 0.717) is 0 Å². The number of primary amides is 1. The van der Waals surface area contributed by atoms with Gasteiger partial charge >= 0.3 is 5.97 Å². The summed E-state index contributed by atoms with van der Waals surface area (Å²) in [5.41, 5.74) is 4.47. The number of nitrogens with two attached hydrogens (primary N) is 1. The lowest BCUT2D eigenvalue weighted by molar-refractivity contribution is -0.146. The standard InChI is InChI=1S/C4H8O3.C3H8O3.C2H5NO.C2H4O2/c1-2-3(5)4(6)7;4-1-3(6)2-5;2*1-2(3)4/h3,5H,2H2,1H3,(H,6,7);3-6H,1-2H2;1H3,(H2,3,4);1H3,(H,3,4). The van der Waals surface area contributed by atoms with E-state index in [1.807, 2.05) is 0 Å². The van der Waals surface area contributed by atoms with Crippen LogP contribution in [0.5, 0.6) is 0 Å². The van der Waals surface area contributed by atoms with E-state index in [0.717, 1.165) is 6.92 Å². The molecule has 0 spiro atoms. The van der Waals surface area contributed by atoms with E-state index in [2.05, 4.69) is 5.73 Å². The van der Waals surface area contributed by atoms with Gasteiger partial charge in [-0.25, -0.2) is 4.79 Å². The van der Waals surface area contributed by atoms with Gasteiger partial charge in [0.2, 0.25) is 5.91 Å². The average Bonchev–Trinajstić information content (AvgIpc) is 2.36. The van der Waals surface area contributed by atoms with E-state index in [-0.39, 0.29) is 25.5 Å². The average molecular weight is 315 g/mol. The molecule has 128 valence electrons. The van der Waals surface area contributed by atoms with Gasteiger partial charge in [-0.3, -0.25) is 9.59 Å². The Kier molecular flexibility index (Phi) is 27.0. The van der Waals surface area contributed by atoms with Crippen LogP contribution >= 0.6 is 0 Å². The highest BCUT2D eigenvalue weighted by Gasteiger charge is 2.07. The SMILES string of the molecule is CC(=O)O.CC(N)=O.CCC(O)C(=O)O.OCC(O)CO. The summed E-state index contributed by atoms with van der Waals surface area (Å²) in [4.78, 5) is 27.9. The first-order valence-electron chi connectivity index (χ1n) is 5.72. The summed E-state index contributed by atoms with van der Waals surface area (Å²) in [5, 5.41) is 47.7. The zero-order valence-corrected chi connectivity index (χ0v) is 12.3. The van der Waals surface area contributed by atoms with Crippen molar-refractivity contribution in [2.24, 2.45) is 5.73 Å². The number of amides is 1. The molecule has 0 aromatic carbocycles. The molecule has 0 aromatic heterocycles. The summed E-state index contributed by atoms with van der Waals surface area (Å²) in [6.07, 6.45) is -1.86. The minimum absolute atomic E-state index is 0.273. The lowest BCUT2D eigenvalue weighted by atomic mass is 10.3. The zero-order valence-electron chi connectivity index (χ0n) is 12.3.